The SMILES string of the molecule is CC(C)(C)c1cc(Nc2c([N+](=O)[O-])cc(C(F)(F)F)cc2[N+](=O)[O-])cc(C(C)(C)C)c1. The first-order valence-corrected chi connectivity index (χ1v) is 9.38. The van der Waals surface area contributed by atoms with Crippen LogP contribution in [0.3, 0.4) is 0 Å². The zero-order valence-corrected chi connectivity index (χ0v) is 18.0. The second-order valence-corrected chi connectivity index (χ2v) is 9.33. The van der Waals surface area contributed by atoms with Crippen molar-refractivity contribution >= 4 is 22.7 Å². The molecule has 0 aromatic heterocycles. The standard InChI is InChI=1S/C21H24F3N3O4/c1-19(2,3)12-7-13(20(4,5)6)9-15(8-12)25-18-16(26(28)29)10-14(21(22,23)24)11-17(18)27(30)31/h7-11,25H,1-6H3. The molecule has 0 atom stereocenters. The monoisotopic (exact) mass is 439 g/mol. The number of halogens is 3. The Morgan fingerprint density at radius 2 is 1.10 bits per heavy atom. The minimum absolute atomic E-state index is 0.299. The smallest absolute Gasteiger partial charge is 0.344 e. The molecule has 0 aliphatic carbocycles. The van der Waals surface area contributed by atoms with Gasteiger partial charge in [0, 0.05) is 17.8 Å². The minimum Gasteiger partial charge on any atom is -0.344 e. The average Bonchev–Trinajstić information content (AvgIpc) is 2.58. The molecule has 0 amide bonds. The quantitative estimate of drug-likeness (QED) is 0.414. The second-order valence-electron chi connectivity index (χ2n) is 9.33. The molecule has 0 aliphatic heterocycles. The zero-order valence-electron chi connectivity index (χ0n) is 18.0. The number of rotatable bonds is 4. The van der Waals surface area contributed by atoms with Gasteiger partial charge in [-0.25, -0.2) is 0 Å². The van der Waals surface area contributed by atoms with Gasteiger partial charge < -0.3 is 5.32 Å². The van der Waals surface area contributed by atoms with E-state index in [1.807, 2.05) is 47.6 Å². The first-order valence-electron chi connectivity index (χ1n) is 9.38. The van der Waals surface area contributed by atoms with Gasteiger partial charge in [0.2, 0.25) is 0 Å². The lowest BCUT2D eigenvalue weighted by atomic mass is 9.80. The van der Waals surface area contributed by atoms with E-state index in [4.69, 9.17) is 0 Å². The van der Waals surface area contributed by atoms with E-state index in [2.05, 4.69) is 5.32 Å². The highest BCUT2D eigenvalue weighted by atomic mass is 19.4. The number of benzene rings is 2. The first-order chi connectivity index (χ1) is 13.9. The van der Waals surface area contributed by atoms with Crippen molar-refractivity contribution in [3.63, 3.8) is 0 Å². The van der Waals surface area contributed by atoms with E-state index in [9.17, 15) is 33.4 Å². The number of nitro benzene ring substituents is 2. The van der Waals surface area contributed by atoms with Crippen molar-refractivity contribution < 1.29 is 23.0 Å². The van der Waals surface area contributed by atoms with Crippen molar-refractivity contribution in [2.45, 2.75) is 58.5 Å². The number of hydrogen-bond acceptors (Lipinski definition) is 5. The van der Waals surface area contributed by atoms with Gasteiger partial charge in [0.05, 0.1) is 15.4 Å². The van der Waals surface area contributed by atoms with Crippen LogP contribution in [0.5, 0.6) is 0 Å². The molecule has 10 heteroatoms. The number of alkyl halides is 3. The summed E-state index contributed by atoms with van der Waals surface area (Å²) in [6.07, 6.45) is -4.97. The van der Waals surface area contributed by atoms with Crippen LogP contribution in [0.4, 0.5) is 35.9 Å². The third kappa shape index (κ3) is 5.50. The second kappa shape index (κ2) is 7.82. The van der Waals surface area contributed by atoms with Crippen molar-refractivity contribution in [1.82, 2.24) is 0 Å². The highest BCUT2D eigenvalue weighted by Crippen LogP contribution is 2.43. The molecule has 0 spiro atoms. The fourth-order valence-electron chi connectivity index (χ4n) is 2.90. The van der Waals surface area contributed by atoms with E-state index in [0.717, 1.165) is 11.1 Å². The van der Waals surface area contributed by atoms with Crippen LogP contribution in [0.15, 0.2) is 30.3 Å². The van der Waals surface area contributed by atoms with Crippen LogP contribution in [0.25, 0.3) is 0 Å². The Labute approximate surface area is 177 Å². The lowest BCUT2D eigenvalue weighted by Crippen LogP contribution is -2.17. The lowest BCUT2D eigenvalue weighted by Gasteiger charge is -2.26. The molecular weight excluding hydrogens is 415 g/mol. The summed E-state index contributed by atoms with van der Waals surface area (Å²) >= 11 is 0. The molecule has 0 unspecified atom stereocenters. The van der Waals surface area contributed by atoms with E-state index >= 15 is 0 Å². The van der Waals surface area contributed by atoms with Crippen LogP contribution in [0, 0.1) is 20.2 Å². The lowest BCUT2D eigenvalue weighted by molar-refractivity contribution is -0.392. The fourth-order valence-corrected chi connectivity index (χ4v) is 2.90. The Hall–Kier alpha value is -3.17. The van der Waals surface area contributed by atoms with Crippen LogP contribution in [-0.2, 0) is 17.0 Å². The Morgan fingerprint density at radius 3 is 1.39 bits per heavy atom. The molecule has 0 bridgehead atoms. The summed E-state index contributed by atoms with van der Waals surface area (Å²) in [4.78, 5) is 20.9. The van der Waals surface area contributed by atoms with E-state index in [-0.39, 0.29) is 10.8 Å². The van der Waals surface area contributed by atoms with Crippen molar-refractivity contribution in [3.05, 3.63) is 67.3 Å². The number of anilines is 2. The molecule has 31 heavy (non-hydrogen) atoms. The number of hydrogen-bond donors (Lipinski definition) is 1. The molecule has 1 N–H and O–H groups in total. The van der Waals surface area contributed by atoms with Crippen LogP contribution in [0.1, 0.15) is 58.2 Å². The molecule has 168 valence electrons. The third-order valence-corrected chi connectivity index (χ3v) is 4.75. The molecule has 0 aliphatic rings. The zero-order chi connectivity index (χ0) is 23.9. The molecule has 0 saturated carbocycles. The highest BCUT2D eigenvalue weighted by molar-refractivity contribution is 5.80. The predicted molar refractivity (Wildman–Crippen MR) is 112 cm³/mol. The van der Waals surface area contributed by atoms with Crippen molar-refractivity contribution in [2.24, 2.45) is 0 Å². The summed E-state index contributed by atoms with van der Waals surface area (Å²) in [6.45, 7) is 11.8. The minimum atomic E-state index is -4.97. The van der Waals surface area contributed by atoms with Gasteiger partial charge >= 0.3 is 6.18 Å². The summed E-state index contributed by atoms with van der Waals surface area (Å²) in [5.41, 5.74) is -2.71. The van der Waals surface area contributed by atoms with Crippen LogP contribution in [-0.4, -0.2) is 9.85 Å². The maximum atomic E-state index is 13.1. The van der Waals surface area contributed by atoms with Crippen molar-refractivity contribution in [3.8, 4) is 0 Å². The van der Waals surface area contributed by atoms with Gasteiger partial charge in [-0.3, -0.25) is 20.2 Å². The van der Waals surface area contributed by atoms with Crippen molar-refractivity contribution in [1.29, 1.82) is 0 Å². The van der Waals surface area contributed by atoms with Gasteiger partial charge in [-0.1, -0.05) is 47.6 Å². The predicted octanol–water partition coefficient (Wildman–Crippen LogP) is 6.86. The summed E-state index contributed by atoms with van der Waals surface area (Å²) < 4.78 is 39.4. The van der Waals surface area contributed by atoms with Crippen LogP contribution >= 0.6 is 0 Å². The molecule has 2 aromatic rings. The van der Waals surface area contributed by atoms with Gasteiger partial charge in [0.15, 0.2) is 5.69 Å². The maximum absolute atomic E-state index is 13.1. The largest absolute Gasteiger partial charge is 0.416 e. The van der Waals surface area contributed by atoms with E-state index in [1.165, 1.54) is 0 Å². The Bertz CT molecular complexity index is 968. The van der Waals surface area contributed by atoms with Gasteiger partial charge in [-0.15, -0.1) is 0 Å². The van der Waals surface area contributed by atoms with Gasteiger partial charge in [0.1, 0.15) is 0 Å². The highest BCUT2D eigenvalue weighted by Gasteiger charge is 2.38. The Balaban J connectivity index is 2.78. The molecular formula is C21H24F3N3O4. The van der Waals surface area contributed by atoms with Gasteiger partial charge in [-0.2, -0.15) is 13.2 Å². The maximum Gasteiger partial charge on any atom is 0.416 e. The molecule has 0 saturated heterocycles. The summed E-state index contributed by atoms with van der Waals surface area (Å²) in [7, 11) is 0. The first kappa shape index (κ1) is 24.1. The van der Waals surface area contributed by atoms with E-state index in [0.29, 0.717) is 17.8 Å². The normalized spacial score (nSPS) is 12.5. The topological polar surface area (TPSA) is 98.3 Å². The number of nitro groups is 2. The summed E-state index contributed by atoms with van der Waals surface area (Å²) in [5, 5.41) is 25.6. The molecule has 0 radical (unpaired) electrons. The number of nitrogens with zero attached hydrogens (tertiary/aromatic N) is 2. The third-order valence-electron chi connectivity index (χ3n) is 4.75. The summed E-state index contributed by atoms with van der Waals surface area (Å²) in [5.74, 6) is 0. The Kier molecular flexibility index (Phi) is 6.08. The molecule has 0 heterocycles. The van der Waals surface area contributed by atoms with Crippen LogP contribution < -0.4 is 5.32 Å². The Morgan fingerprint density at radius 1 is 0.710 bits per heavy atom. The molecule has 2 rings (SSSR count). The average molecular weight is 439 g/mol. The summed E-state index contributed by atoms with van der Waals surface area (Å²) in [6, 6.07) is 5.93. The molecule has 2 aromatic carbocycles. The van der Waals surface area contributed by atoms with E-state index < -0.39 is 38.6 Å². The fraction of sp³-hybridized carbons (Fsp3) is 0.429. The van der Waals surface area contributed by atoms with Gasteiger partial charge in [0.25, 0.3) is 11.4 Å². The van der Waals surface area contributed by atoms with Crippen molar-refractivity contribution in [2.75, 3.05) is 5.32 Å². The molecule has 0 fully saturated rings. The van der Waals surface area contributed by atoms with E-state index in [1.54, 1.807) is 12.1 Å². The van der Waals surface area contributed by atoms with Gasteiger partial charge in [-0.05, 0) is 34.1 Å². The van der Waals surface area contributed by atoms with Crippen LogP contribution in [0.2, 0.25) is 0 Å². The molecule has 7 nitrogen and oxygen atoms in total. The number of nitrogens with one attached hydrogen (secondary N) is 1.